The third-order valence-electron chi connectivity index (χ3n) is 3.29. The lowest BCUT2D eigenvalue weighted by Crippen LogP contribution is -2.41. The molecular weight excluding hydrogens is 331 g/mol. The fourth-order valence-corrected chi connectivity index (χ4v) is 2.93. The average Bonchev–Trinajstić information content (AvgIpc) is 2.37. The second kappa shape index (κ2) is 5.96. The summed E-state index contributed by atoms with van der Waals surface area (Å²) < 4.78 is 13.9. The molecule has 1 aromatic rings. The number of nitrogens with zero attached hydrogens (tertiary/aromatic N) is 1. The zero-order valence-electron chi connectivity index (χ0n) is 10.2. The number of piperidine rings is 1. The van der Waals surface area contributed by atoms with E-state index in [1.165, 1.54) is 12.1 Å². The van der Waals surface area contributed by atoms with E-state index in [2.05, 4.69) is 15.9 Å². The number of amides is 1. The molecule has 1 aliphatic heterocycles. The Morgan fingerprint density at radius 1 is 1.37 bits per heavy atom. The summed E-state index contributed by atoms with van der Waals surface area (Å²) in [5, 5.41) is 0. The fraction of sp³-hybridized carbons (Fsp3) is 0.385. The summed E-state index contributed by atoms with van der Waals surface area (Å²) in [5.41, 5.74) is 5.97. The van der Waals surface area contributed by atoms with Crippen molar-refractivity contribution in [3.8, 4) is 0 Å². The third kappa shape index (κ3) is 3.51. The van der Waals surface area contributed by atoms with Crippen molar-refractivity contribution in [2.45, 2.75) is 12.8 Å². The minimum atomic E-state index is -0.421. The molecule has 0 bridgehead atoms. The Bertz CT molecular complexity index is 495. The van der Waals surface area contributed by atoms with Crippen molar-refractivity contribution in [1.82, 2.24) is 4.90 Å². The summed E-state index contributed by atoms with van der Waals surface area (Å²) in [6.45, 7) is 1.21. The van der Waals surface area contributed by atoms with E-state index in [9.17, 15) is 9.18 Å². The zero-order valence-corrected chi connectivity index (χ0v) is 12.6. The maximum atomic E-state index is 13.3. The van der Waals surface area contributed by atoms with E-state index in [0.29, 0.717) is 28.1 Å². The monoisotopic (exact) mass is 344 g/mol. The Morgan fingerprint density at radius 3 is 2.53 bits per heavy atom. The van der Waals surface area contributed by atoms with Gasteiger partial charge in [-0.3, -0.25) is 4.79 Å². The van der Waals surface area contributed by atoms with Gasteiger partial charge in [0.05, 0.1) is 4.99 Å². The van der Waals surface area contributed by atoms with Crippen molar-refractivity contribution in [1.29, 1.82) is 0 Å². The molecule has 1 fully saturated rings. The minimum Gasteiger partial charge on any atom is -0.393 e. The largest absolute Gasteiger partial charge is 0.393 e. The second-order valence-corrected chi connectivity index (χ2v) is 6.01. The van der Waals surface area contributed by atoms with Gasteiger partial charge in [0, 0.05) is 29.0 Å². The lowest BCUT2D eigenvalue weighted by Gasteiger charge is -2.31. The van der Waals surface area contributed by atoms with Crippen LogP contribution in [-0.4, -0.2) is 28.9 Å². The van der Waals surface area contributed by atoms with Crippen LogP contribution in [0, 0.1) is 11.7 Å². The van der Waals surface area contributed by atoms with Crippen LogP contribution in [0.15, 0.2) is 22.7 Å². The van der Waals surface area contributed by atoms with Gasteiger partial charge in [-0.25, -0.2) is 4.39 Å². The van der Waals surface area contributed by atoms with Gasteiger partial charge >= 0.3 is 0 Å². The zero-order chi connectivity index (χ0) is 14.0. The van der Waals surface area contributed by atoms with Crippen LogP contribution < -0.4 is 5.73 Å². The van der Waals surface area contributed by atoms with Crippen LogP contribution in [-0.2, 0) is 0 Å². The molecule has 0 aliphatic carbocycles. The molecule has 0 atom stereocenters. The predicted octanol–water partition coefficient (Wildman–Crippen LogP) is 2.73. The fourth-order valence-electron chi connectivity index (χ4n) is 2.23. The van der Waals surface area contributed by atoms with Crippen molar-refractivity contribution in [3.63, 3.8) is 0 Å². The summed E-state index contributed by atoms with van der Waals surface area (Å²) in [5.74, 6) is -0.365. The molecule has 1 aromatic carbocycles. The number of benzene rings is 1. The molecule has 19 heavy (non-hydrogen) atoms. The molecule has 1 heterocycles. The van der Waals surface area contributed by atoms with Crippen LogP contribution in [0.25, 0.3) is 0 Å². The first-order valence-corrected chi connectivity index (χ1v) is 7.22. The summed E-state index contributed by atoms with van der Waals surface area (Å²) in [4.78, 5) is 14.5. The number of hydrogen-bond donors (Lipinski definition) is 1. The maximum Gasteiger partial charge on any atom is 0.253 e. The molecule has 0 aromatic heterocycles. The smallest absolute Gasteiger partial charge is 0.253 e. The van der Waals surface area contributed by atoms with Crippen molar-refractivity contribution < 1.29 is 9.18 Å². The topological polar surface area (TPSA) is 46.3 Å². The van der Waals surface area contributed by atoms with Crippen molar-refractivity contribution in [3.05, 3.63) is 34.1 Å². The predicted molar refractivity (Wildman–Crippen MR) is 79.5 cm³/mol. The van der Waals surface area contributed by atoms with Gasteiger partial charge in [-0.2, -0.15) is 0 Å². The second-order valence-electron chi connectivity index (χ2n) is 4.63. The van der Waals surface area contributed by atoms with Gasteiger partial charge in [-0.05, 0) is 31.0 Å². The van der Waals surface area contributed by atoms with Crippen molar-refractivity contribution in [2.24, 2.45) is 11.7 Å². The number of nitrogens with two attached hydrogens (primary N) is 1. The van der Waals surface area contributed by atoms with Gasteiger partial charge in [0.2, 0.25) is 0 Å². The molecule has 0 saturated carbocycles. The summed E-state index contributed by atoms with van der Waals surface area (Å²) in [7, 11) is 0. The molecule has 6 heteroatoms. The highest BCUT2D eigenvalue weighted by Crippen LogP contribution is 2.21. The van der Waals surface area contributed by atoms with Crippen LogP contribution in [0.3, 0.4) is 0 Å². The molecule has 1 amide bonds. The maximum absolute atomic E-state index is 13.3. The Morgan fingerprint density at radius 2 is 2.00 bits per heavy atom. The summed E-state index contributed by atoms with van der Waals surface area (Å²) in [6.07, 6.45) is 1.55. The van der Waals surface area contributed by atoms with E-state index in [0.717, 1.165) is 12.8 Å². The number of thiocarbonyl (C=S) groups is 1. The van der Waals surface area contributed by atoms with Crippen molar-refractivity contribution in [2.75, 3.05) is 13.1 Å². The number of carbonyl (C=O) groups is 1. The number of rotatable bonds is 2. The third-order valence-corrected chi connectivity index (χ3v) is 4.09. The molecule has 3 nitrogen and oxygen atoms in total. The minimum absolute atomic E-state index is 0.151. The normalized spacial score (nSPS) is 16.4. The van der Waals surface area contributed by atoms with E-state index in [-0.39, 0.29) is 11.8 Å². The Hall–Kier alpha value is -1.01. The molecule has 1 saturated heterocycles. The first-order chi connectivity index (χ1) is 8.97. The average molecular weight is 345 g/mol. The van der Waals surface area contributed by atoms with Gasteiger partial charge in [0.15, 0.2) is 0 Å². The van der Waals surface area contributed by atoms with E-state index < -0.39 is 5.82 Å². The first-order valence-electron chi connectivity index (χ1n) is 6.02. The Labute approximate surface area is 125 Å². The van der Waals surface area contributed by atoms with Crippen LogP contribution >= 0.6 is 28.1 Å². The van der Waals surface area contributed by atoms with Gasteiger partial charge in [-0.1, -0.05) is 28.1 Å². The standard InChI is InChI=1S/C13H14BrFN2OS/c14-10-5-9(6-11(15)7-10)13(18)17-3-1-8(2-4-17)12(16)19/h5-8H,1-4H2,(H2,16,19). The quantitative estimate of drug-likeness (QED) is 0.839. The highest BCUT2D eigenvalue weighted by molar-refractivity contribution is 9.10. The molecule has 2 rings (SSSR count). The Balaban J connectivity index is 2.07. The number of carbonyl (C=O) groups excluding carboxylic acids is 1. The molecule has 102 valence electrons. The summed E-state index contributed by atoms with van der Waals surface area (Å²) in [6, 6.07) is 4.22. The van der Waals surface area contributed by atoms with Gasteiger partial charge in [-0.15, -0.1) is 0 Å². The van der Waals surface area contributed by atoms with E-state index in [1.54, 1.807) is 11.0 Å². The van der Waals surface area contributed by atoms with Gasteiger partial charge < -0.3 is 10.6 Å². The Kier molecular flexibility index (Phi) is 4.52. The van der Waals surface area contributed by atoms with Crippen LogP contribution in [0.4, 0.5) is 4.39 Å². The molecule has 0 radical (unpaired) electrons. The SMILES string of the molecule is NC(=S)C1CCN(C(=O)c2cc(F)cc(Br)c2)CC1. The van der Waals surface area contributed by atoms with Crippen LogP contribution in [0.1, 0.15) is 23.2 Å². The first kappa shape index (κ1) is 14.4. The van der Waals surface area contributed by atoms with E-state index >= 15 is 0 Å². The number of likely N-dealkylation sites (tertiary alicyclic amines) is 1. The molecule has 0 unspecified atom stereocenters. The number of hydrogen-bond acceptors (Lipinski definition) is 2. The highest BCUT2D eigenvalue weighted by Gasteiger charge is 2.25. The van der Waals surface area contributed by atoms with Crippen LogP contribution in [0.2, 0.25) is 0 Å². The highest BCUT2D eigenvalue weighted by atomic mass is 79.9. The van der Waals surface area contributed by atoms with Crippen LogP contribution in [0.5, 0.6) is 0 Å². The van der Waals surface area contributed by atoms with Gasteiger partial charge in [0.1, 0.15) is 5.82 Å². The lowest BCUT2D eigenvalue weighted by molar-refractivity contribution is 0.0710. The lowest BCUT2D eigenvalue weighted by atomic mass is 9.96. The molecular formula is C13H14BrFN2OS. The van der Waals surface area contributed by atoms with E-state index in [4.69, 9.17) is 18.0 Å². The molecule has 0 spiro atoms. The van der Waals surface area contributed by atoms with Gasteiger partial charge in [0.25, 0.3) is 5.91 Å². The summed E-state index contributed by atoms with van der Waals surface area (Å²) >= 11 is 8.16. The van der Waals surface area contributed by atoms with E-state index in [1.807, 2.05) is 0 Å². The number of halogens is 2. The van der Waals surface area contributed by atoms with Crippen molar-refractivity contribution >= 4 is 39.0 Å². The molecule has 1 aliphatic rings. The molecule has 2 N–H and O–H groups in total.